The van der Waals surface area contributed by atoms with Crippen molar-refractivity contribution in [1.29, 1.82) is 0 Å². The predicted molar refractivity (Wildman–Crippen MR) is 121 cm³/mol. The van der Waals surface area contributed by atoms with Crippen LogP contribution in [0, 0.1) is 19.7 Å². The van der Waals surface area contributed by atoms with Crippen molar-refractivity contribution >= 4 is 43.2 Å². The summed E-state index contributed by atoms with van der Waals surface area (Å²) in [5, 5.41) is 2.41. The number of sulfonamides is 1. The van der Waals surface area contributed by atoms with Crippen molar-refractivity contribution in [2.24, 2.45) is 0 Å². The Hall–Kier alpha value is -2.91. The van der Waals surface area contributed by atoms with Gasteiger partial charge in [0.1, 0.15) is 11.6 Å². The number of anilines is 2. The molecule has 3 aromatic rings. The fourth-order valence-electron chi connectivity index (χ4n) is 2.66. The van der Waals surface area contributed by atoms with Crippen LogP contribution in [0.5, 0.6) is 5.75 Å². The molecule has 0 bridgehead atoms. The second-order valence-electron chi connectivity index (χ2n) is 6.84. The predicted octanol–water partition coefficient (Wildman–Crippen LogP) is 5.02. The second-order valence-corrected chi connectivity index (χ2v) is 9.44. The molecule has 0 unspecified atom stereocenters. The molecule has 6 nitrogen and oxygen atoms in total. The van der Waals surface area contributed by atoms with E-state index in [1.807, 2.05) is 19.9 Å². The monoisotopic (exact) mass is 506 g/mol. The number of benzene rings is 3. The maximum Gasteiger partial charge on any atom is 0.262 e. The molecule has 0 fully saturated rings. The zero-order chi connectivity index (χ0) is 22.6. The number of hydrogen-bond acceptors (Lipinski definition) is 4. The van der Waals surface area contributed by atoms with Gasteiger partial charge in [-0.3, -0.25) is 9.52 Å². The summed E-state index contributed by atoms with van der Waals surface area (Å²) in [5.74, 6) is -0.820. The average molecular weight is 507 g/mol. The quantitative estimate of drug-likeness (QED) is 0.470. The molecule has 0 aliphatic heterocycles. The number of aryl methyl sites for hydroxylation is 2. The lowest BCUT2D eigenvalue weighted by atomic mass is 10.1. The molecule has 0 radical (unpaired) electrons. The third-order valence-corrected chi connectivity index (χ3v) is 6.36. The minimum atomic E-state index is -3.77. The number of rotatable bonds is 7. The molecule has 3 rings (SSSR count). The standard InChI is InChI=1S/C22H20BrFN2O4S/c1-14-3-5-17(11-15(14)2)26-31(28,29)19-8-6-18(7-9-19)30-13-22(27)25-21-10-4-16(23)12-20(21)24/h3-12,26H,13H2,1-2H3,(H,25,27). The molecule has 0 saturated carbocycles. The molecule has 162 valence electrons. The first kappa shape index (κ1) is 22.8. The number of nitrogens with one attached hydrogen (secondary N) is 2. The van der Waals surface area contributed by atoms with Crippen LogP contribution in [0.4, 0.5) is 15.8 Å². The molecule has 0 atom stereocenters. The second kappa shape index (κ2) is 9.49. The summed E-state index contributed by atoms with van der Waals surface area (Å²) in [4.78, 5) is 12.0. The number of amides is 1. The zero-order valence-electron chi connectivity index (χ0n) is 16.8. The molecule has 0 aliphatic carbocycles. The lowest BCUT2D eigenvalue weighted by molar-refractivity contribution is -0.118. The van der Waals surface area contributed by atoms with Crippen LogP contribution in [0.2, 0.25) is 0 Å². The minimum Gasteiger partial charge on any atom is -0.484 e. The highest BCUT2D eigenvalue weighted by molar-refractivity contribution is 9.10. The number of halogens is 2. The molecule has 0 saturated heterocycles. The Bertz CT molecular complexity index is 1210. The van der Waals surface area contributed by atoms with Crippen LogP contribution < -0.4 is 14.8 Å². The Kier molecular flexibility index (Phi) is 6.97. The Balaban J connectivity index is 1.60. The van der Waals surface area contributed by atoms with E-state index >= 15 is 0 Å². The lowest BCUT2D eigenvalue weighted by Gasteiger charge is -2.11. The van der Waals surface area contributed by atoms with Gasteiger partial charge in [0.15, 0.2) is 6.61 Å². The van der Waals surface area contributed by atoms with Gasteiger partial charge in [0.2, 0.25) is 0 Å². The van der Waals surface area contributed by atoms with Gasteiger partial charge in [0.05, 0.1) is 10.6 Å². The van der Waals surface area contributed by atoms with Crippen molar-refractivity contribution < 1.29 is 22.3 Å². The summed E-state index contributed by atoms with van der Waals surface area (Å²) in [5.41, 5.74) is 2.55. The van der Waals surface area contributed by atoms with E-state index in [0.29, 0.717) is 15.9 Å². The van der Waals surface area contributed by atoms with E-state index in [1.165, 1.54) is 36.4 Å². The third-order valence-electron chi connectivity index (χ3n) is 4.47. The van der Waals surface area contributed by atoms with Gasteiger partial charge < -0.3 is 10.1 Å². The van der Waals surface area contributed by atoms with Crippen LogP contribution in [0.1, 0.15) is 11.1 Å². The van der Waals surface area contributed by atoms with E-state index in [9.17, 15) is 17.6 Å². The van der Waals surface area contributed by atoms with Gasteiger partial charge in [-0.25, -0.2) is 12.8 Å². The van der Waals surface area contributed by atoms with E-state index in [0.717, 1.165) is 11.1 Å². The molecular weight excluding hydrogens is 487 g/mol. The normalized spacial score (nSPS) is 11.1. The number of carbonyl (C=O) groups excluding carboxylic acids is 1. The van der Waals surface area contributed by atoms with Crippen LogP contribution in [-0.2, 0) is 14.8 Å². The number of hydrogen-bond donors (Lipinski definition) is 2. The topological polar surface area (TPSA) is 84.5 Å². The van der Waals surface area contributed by atoms with Crippen molar-refractivity contribution in [3.63, 3.8) is 0 Å². The highest BCUT2D eigenvalue weighted by Crippen LogP contribution is 2.22. The fourth-order valence-corrected chi connectivity index (χ4v) is 4.04. The van der Waals surface area contributed by atoms with Gasteiger partial charge in [0, 0.05) is 10.2 Å². The first-order chi connectivity index (χ1) is 14.6. The highest BCUT2D eigenvalue weighted by Gasteiger charge is 2.15. The zero-order valence-corrected chi connectivity index (χ0v) is 19.2. The Morgan fingerprint density at radius 1 is 1.00 bits per heavy atom. The smallest absolute Gasteiger partial charge is 0.262 e. The van der Waals surface area contributed by atoms with Crippen LogP contribution in [0.15, 0.2) is 70.0 Å². The third kappa shape index (κ3) is 6.05. The minimum absolute atomic E-state index is 0.0376. The van der Waals surface area contributed by atoms with E-state index in [4.69, 9.17) is 4.74 Å². The molecule has 9 heteroatoms. The Labute approximate surface area is 188 Å². The van der Waals surface area contributed by atoms with Gasteiger partial charge in [-0.15, -0.1) is 0 Å². The maximum absolute atomic E-state index is 13.8. The van der Waals surface area contributed by atoms with Gasteiger partial charge in [-0.05, 0) is 79.6 Å². The molecule has 0 aromatic heterocycles. The van der Waals surface area contributed by atoms with E-state index < -0.39 is 21.7 Å². The van der Waals surface area contributed by atoms with Crippen molar-refractivity contribution in [3.8, 4) is 5.75 Å². The number of ether oxygens (including phenoxy) is 1. The summed E-state index contributed by atoms with van der Waals surface area (Å²) in [7, 11) is -3.77. The molecule has 0 heterocycles. The summed E-state index contributed by atoms with van der Waals surface area (Å²) in [6.07, 6.45) is 0. The largest absolute Gasteiger partial charge is 0.484 e. The van der Waals surface area contributed by atoms with Gasteiger partial charge in [-0.2, -0.15) is 0 Å². The first-order valence-corrected chi connectivity index (χ1v) is 11.5. The summed E-state index contributed by atoms with van der Waals surface area (Å²) in [6.45, 7) is 3.49. The van der Waals surface area contributed by atoms with Gasteiger partial charge in [0.25, 0.3) is 15.9 Å². The van der Waals surface area contributed by atoms with Crippen molar-refractivity contribution in [3.05, 3.63) is 82.1 Å². The van der Waals surface area contributed by atoms with Gasteiger partial charge in [-0.1, -0.05) is 22.0 Å². The molecule has 0 spiro atoms. The van der Waals surface area contributed by atoms with E-state index in [-0.39, 0.29) is 17.2 Å². The molecule has 31 heavy (non-hydrogen) atoms. The SMILES string of the molecule is Cc1ccc(NS(=O)(=O)c2ccc(OCC(=O)Nc3ccc(Br)cc3F)cc2)cc1C. The van der Waals surface area contributed by atoms with E-state index in [1.54, 1.807) is 18.2 Å². The van der Waals surface area contributed by atoms with Crippen molar-refractivity contribution in [1.82, 2.24) is 0 Å². The fraction of sp³-hybridized carbons (Fsp3) is 0.136. The van der Waals surface area contributed by atoms with Crippen molar-refractivity contribution in [2.45, 2.75) is 18.7 Å². The Morgan fingerprint density at radius 3 is 2.35 bits per heavy atom. The van der Waals surface area contributed by atoms with Crippen LogP contribution in [-0.4, -0.2) is 20.9 Å². The average Bonchev–Trinajstić information content (AvgIpc) is 2.71. The van der Waals surface area contributed by atoms with E-state index in [2.05, 4.69) is 26.0 Å². The molecule has 1 amide bonds. The highest BCUT2D eigenvalue weighted by atomic mass is 79.9. The summed E-state index contributed by atoms with van der Waals surface area (Å²) < 4.78 is 47.4. The summed E-state index contributed by atoms with van der Waals surface area (Å²) in [6, 6.07) is 15.2. The van der Waals surface area contributed by atoms with Crippen LogP contribution in [0.3, 0.4) is 0 Å². The van der Waals surface area contributed by atoms with Crippen LogP contribution >= 0.6 is 15.9 Å². The molecule has 3 aromatic carbocycles. The summed E-state index contributed by atoms with van der Waals surface area (Å²) >= 11 is 3.14. The lowest BCUT2D eigenvalue weighted by Crippen LogP contribution is -2.20. The van der Waals surface area contributed by atoms with Gasteiger partial charge >= 0.3 is 0 Å². The number of carbonyl (C=O) groups is 1. The Morgan fingerprint density at radius 2 is 1.71 bits per heavy atom. The first-order valence-electron chi connectivity index (χ1n) is 9.22. The van der Waals surface area contributed by atoms with Crippen molar-refractivity contribution in [2.75, 3.05) is 16.6 Å². The molecular formula is C22H20BrFN2O4S. The molecule has 0 aliphatic rings. The van der Waals surface area contributed by atoms with Crippen LogP contribution in [0.25, 0.3) is 0 Å². The maximum atomic E-state index is 13.8. The molecule has 2 N–H and O–H groups in total.